The summed E-state index contributed by atoms with van der Waals surface area (Å²) >= 11 is 3.47. The second kappa shape index (κ2) is 10.4. The summed E-state index contributed by atoms with van der Waals surface area (Å²) in [5.74, 6) is -0.0677. The van der Waals surface area contributed by atoms with E-state index < -0.39 is 6.23 Å². The molecule has 3 heterocycles. The van der Waals surface area contributed by atoms with Crippen LogP contribution in [0.15, 0.2) is 71.5 Å². The van der Waals surface area contributed by atoms with Gasteiger partial charge in [0, 0.05) is 36.0 Å². The van der Waals surface area contributed by atoms with E-state index in [1.54, 1.807) is 16.6 Å². The topological polar surface area (TPSA) is 104 Å². The molecule has 1 saturated heterocycles. The maximum Gasteiger partial charge on any atom is 0.250 e. The molecule has 2 aromatic heterocycles. The number of benzene rings is 2. The van der Waals surface area contributed by atoms with Crippen molar-refractivity contribution < 1.29 is 14.3 Å². The first-order valence-corrected chi connectivity index (χ1v) is 12.3. The van der Waals surface area contributed by atoms with E-state index in [0.29, 0.717) is 25.1 Å². The number of H-pyrrole nitrogens is 1. The zero-order valence-corrected chi connectivity index (χ0v) is 21.2. The second-order valence-corrected chi connectivity index (χ2v) is 9.25. The molecule has 1 fully saturated rings. The third kappa shape index (κ3) is 4.77. The number of rotatable bonds is 9. The van der Waals surface area contributed by atoms with Gasteiger partial charge in [0.1, 0.15) is 12.3 Å². The van der Waals surface area contributed by atoms with E-state index in [1.807, 2.05) is 67.0 Å². The fraction of sp³-hybridized carbons (Fsp3) is 0.192. The van der Waals surface area contributed by atoms with Crippen LogP contribution in [0.3, 0.4) is 0 Å². The van der Waals surface area contributed by atoms with Gasteiger partial charge in [-0.3, -0.25) is 9.59 Å². The number of nitrogens with one attached hydrogen (secondary N) is 3. The largest absolute Gasteiger partial charge is 0.386 e. The lowest BCUT2D eigenvalue weighted by atomic mass is 10.1. The van der Waals surface area contributed by atoms with Crippen molar-refractivity contribution in [3.63, 3.8) is 0 Å². The van der Waals surface area contributed by atoms with Crippen LogP contribution in [0.2, 0.25) is 0 Å². The molecule has 1 unspecified atom stereocenters. The Bertz CT molecular complexity index is 1370. The fourth-order valence-electron chi connectivity index (χ4n) is 4.33. The number of carbonyl (C=O) groups excluding carboxylic acids is 2. The molecule has 0 radical (unpaired) electrons. The number of aromatic nitrogens is 3. The molecule has 2 amide bonds. The minimum absolute atomic E-state index is 0.0161. The standard InChI is InChI=1S/C26H25BrN6O3/c1-28-23-13-17(4-9-21(23)30-16-34)10-12-32-24(35)15-36-26(32)20-14-33(19-7-5-18(27)6-8-19)31-25(20)22-3-2-11-29-22/h2-9,11,13-14,16,26,28-29H,10,12,15H2,1H3,(H,30,34). The van der Waals surface area contributed by atoms with Crippen LogP contribution in [0.1, 0.15) is 17.4 Å². The highest BCUT2D eigenvalue weighted by Crippen LogP contribution is 2.35. The van der Waals surface area contributed by atoms with E-state index in [9.17, 15) is 9.59 Å². The lowest BCUT2D eigenvalue weighted by Gasteiger charge is -2.23. The average Bonchev–Trinajstić information content (AvgIpc) is 3.64. The SMILES string of the molecule is CNc1cc(CCN2C(=O)COC2c2cn(-c3ccc(Br)cc3)nc2-c2ccc[nH]2)ccc1NC=O. The maximum atomic E-state index is 12.9. The lowest BCUT2D eigenvalue weighted by Crippen LogP contribution is -2.30. The van der Waals surface area contributed by atoms with Crippen molar-refractivity contribution in [1.29, 1.82) is 0 Å². The third-order valence-electron chi connectivity index (χ3n) is 6.13. The molecule has 0 aliphatic carbocycles. The third-order valence-corrected chi connectivity index (χ3v) is 6.66. The van der Waals surface area contributed by atoms with Crippen LogP contribution in [-0.4, -0.2) is 52.2 Å². The van der Waals surface area contributed by atoms with Crippen LogP contribution in [0.25, 0.3) is 17.1 Å². The van der Waals surface area contributed by atoms with Gasteiger partial charge in [0.05, 0.1) is 22.8 Å². The summed E-state index contributed by atoms with van der Waals surface area (Å²) in [5, 5.41) is 10.6. The van der Waals surface area contributed by atoms with Gasteiger partial charge in [0.2, 0.25) is 6.41 Å². The number of halogens is 1. The Labute approximate surface area is 216 Å². The van der Waals surface area contributed by atoms with E-state index in [2.05, 4.69) is 31.5 Å². The molecule has 1 atom stereocenters. The predicted molar refractivity (Wildman–Crippen MR) is 141 cm³/mol. The van der Waals surface area contributed by atoms with Crippen molar-refractivity contribution in [1.82, 2.24) is 19.7 Å². The van der Waals surface area contributed by atoms with E-state index in [-0.39, 0.29) is 12.5 Å². The molecular formula is C26H25BrN6O3. The van der Waals surface area contributed by atoms with Crippen molar-refractivity contribution >= 4 is 39.6 Å². The van der Waals surface area contributed by atoms with E-state index >= 15 is 0 Å². The first-order chi connectivity index (χ1) is 17.6. The second-order valence-electron chi connectivity index (χ2n) is 8.33. The van der Waals surface area contributed by atoms with Crippen LogP contribution >= 0.6 is 15.9 Å². The number of ether oxygens (including phenoxy) is 1. The van der Waals surface area contributed by atoms with Crippen LogP contribution in [0.4, 0.5) is 11.4 Å². The smallest absolute Gasteiger partial charge is 0.250 e. The number of nitrogens with zero attached hydrogens (tertiary/aromatic N) is 3. The Morgan fingerprint density at radius 2 is 2.03 bits per heavy atom. The van der Waals surface area contributed by atoms with Crippen molar-refractivity contribution in [2.24, 2.45) is 0 Å². The summed E-state index contributed by atoms with van der Waals surface area (Å²) in [6.07, 6.45) is 4.49. The number of anilines is 2. The summed E-state index contributed by atoms with van der Waals surface area (Å²) in [6.45, 7) is 0.489. The normalized spacial score (nSPS) is 15.3. The van der Waals surface area contributed by atoms with Gasteiger partial charge in [-0.05, 0) is 60.5 Å². The molecule has 10 heteroatoms. The molecule has 3 N–H and O–H groups in total. The molecule has 4 aromatic rings. The molecule has 9 nitrogen and oxygen atoms in total. The minimum Gasteiger partial charge on any atom is -0.386 e. The molecule has 2 aromatic carbocycles. The van der Waals surface area contributed by atoms with Crippen LogP contribution in [-0.2, 0) is 20.7 Å². The van der Waals surface area contributed by atoms with Gasteiger partial charge in [-0.1, -0.05) is 22.0 Å². The summed E-state index contributed by atoms with van der Waals surface area (Å²) in [4.78, 5) is 28.7. The Morgan fingerprint density at radius 1 is 1.19 bits per heavy atom. The van der Waals surface area contributed by atoms with Gasteiger partial charge >= 0.3 is 0 Å². The number of aromatic amines is 1. The van der Waals surface area contributed by atoms with Gasteiger partial charge in [-0.2, -0.15) is 5.10 Å². The van der Waals surface area contributed by atoms with Crippen molar-refractivity contribution in [2.45, 2.75) is 12.6 Å². The Balaban J connectivity index is 1.43. The highest BCUT2D eigenvalue weighted by Gasteiger charge is 2.36. The van der Waals surface area contributed by atoms with Crippen LogP contribution < -0.4 is 10.6 Å². The molecule has 1 aliphatic heterocycles. The highest BCUT2D eigenvalue weighted by atomic mass is 79.9. The number of hydrogen-bond donors (Lipinski definition) is 3. The maximum absolute atomic E-state index is 12.9. The minimum atomic E-state index is -0.556. The molecule has 0 saturated carbocycles. The average molecular weight is 549 g/mol. The van der Waals surface area contributed by atoms with E-state index in [0.717, 1.165) is 38.4 Å². The van der Waals surface area contributed by atoms with Crippen molar-refractivity contribution in [2.75, 3.05) is 30.8 Å². The summed E-state index contributed by atoms with van der Waals surface area (Å²) < 4.78 is 8.78. The molecular weight excluding hydrogens is 524 g/mol. The van der Waals surface area contributed by atoms with Gasteiger partial charge in [-0.25, -0.2) is 4.68 Å². The zero-order chi connectivity index (χ0) is 25.1. The fourth-order valence-corrected chi connectivity index (χ4v) is 4.59. The monoisotopic (exact) mass is 548 g/mol. The molecule has 1 aliphatic rings. The molecule has 0 bridgehead atoms. The summed E-state index contributed by atoms with van der Waals surface area (Å²) in [6, 6.07) is 17.5. The first kappa shape index (κ1) is 23.8. The molecule has 5 rings (SSSR count). The molecule has 0 spiro atoms. The first-order valence-electron chi connectivity index (χ1n) is 11.5. The van der Waals surface area contributed by atoms with E-state index in [1.165, 1.54) is 0 Å². The van der Waals surface area contributed by atoms with Crippen molar-refractivity contribution in [3.05, 3.63) is 82.6 Å². The Hall–Kier alpha value is -3.89. The predicted octanol–water partition coefficient (Wildman–Crippen LogP) is 4.34. The van der Waals surface area contributed by atoms with Crippen LogP contribution in [0.5, 0.6) is 0 Å². The lowest BCUT2D eigenvalue weighted by molar-refractivity contribution is -0.128. The summed E-state index contributed by atoms with van der Waals surface area (Å²) in [5.41, 5.74) is 5.83. The van der Waals surface area contributed by atoms with Crippen molar-refractivity contribution in [3.8, 4) is 17.1 Å². The number of amides is 2. The van der Waals surface area contributed by atoms with Gasteiger partial charge in [-0.15, -0.1) is 0 Å². The Morgan fingerprint density at radius 3 is 2.75 bits per heavy atom. The highest BCUT2D eigenvalue weighted by molar-refractivity contribution is 9.10. The summed E-state index contributed by atoms with van der Waals surface area (Å²) in [7, 11) is 1.80. The van der Waals surface area contributed by atoms with E-state index in [4.69, 9.17) is 9.84 Å². The quantitative estimate of drug-likeness (QED) is 0.270. The molecule has 36 heavy (non-hydrogen) atoms. The Kier molecular flexibility index (Phi) is 6.88. The van der Waals surface area contributed by atoms with Gasteiger partial charge < -0.3 is 25.3 Å². The molecule has 184 valence electrons. The van der Waals surface area contributed by atoms with Crippen LogP contribution in [0, 0.1) is 0 Å². The number of hydrogen-bond acceptors (Lipinski definition) is 5. The van der Waals surface area contributed by atoms with Gasteiger partial charge in [0.25, 0.3) is 5.91 Å². The zero-order valence-electron chi connectivity index (χ0n) is 19.6. The number of carbonyl (C=O) groups is 2. The van der Waals surface area contributed by atoms with Gasteiger partial charge in [0.15, 0.2) is 6.23 Å².